The molecule has 16 heavy (non-hydrogen) atoms. The highest BCUT2D eigenvalue weighted by Crippen LogP contribution is 2.31. The molecule has 0 bridgehead atoms. The highest BCUT2D eigenvalue weighted by atomic mass is 19.4. The van der Waals surface area contributed by atoms with Gasteiger partial charge in [0, 0.05) is 0 Å². The minimum atomic E-state index is -4.66. The van der Waals surface area contributed by atoms with Crippen LogP contribution in [0.25, 0.3) is 0 Å². The van der Waals surface area contributed by atoms with Crippen molar-refractivity contribution in [3.05, 3.63) is 35.4 Å². The van der Waals surface area contributed by atoms with Gasteiger partial charge in [-0.15, -0.1) is 0 Å². The van der Waals surface area contributed by atoms with Crippen LogP contribution in [0.2, 0.25) is 0 Å². The number of imide groups is 1. The van der Waals surface area contributed by atoms with Crippen LogP contribution in [-0.2, 0) is 6.18 Å². The molecule has 0 aliphatic rings. The fraction of sp³-hybridized carbons (Fsp3) is 0.111. The van der Waals surface area contributed by atoms with Gasteiger partial charge in [0.25, 0.3) is 5.91 Å². The fourth-order valence-corrected chi connectivity index (χ4v) is 1.11. The maximum absolute atomic E-state index is 12.4. The number of urea groups is 1. The van der Waals surface area contributed by atoms with Crippen LogP contribution in [0.3, 0.4) is 0 Å². The van der Waals surface area contributed by atoms with Crippen LogP contribution >= 0.6 is 0 Å². The van der Waals surface area contributed by atoms with E-state index in [0.29, 0.717) is 0 Å². The highest BCUT2D eigenvalue weighted by Gasteiger charge is 2.34. The molecule has 1 aromatic carbocycles. The summed E-state index contributed by atoms with van der Waals surface area (Å²) in [6, 6.07) is 2.90. The van der Waals surface area contributed by atoms with Crippen LogP contribution in [0.1, 0.15) is 15.9 Å². The number of benzene rings is 1. The first kappa shape index (κ1) is 12.0. The van der Waals surface area contributed by atoms with Crippen molar-refractivity contribution in [2.24, 2.45) is 5.73 Å². The van der Waals surface area contributed by atoms with E-state index in [1.54, 1.807) is 5.32 Å². The first-order chi connectivity index (χ1) is 7.32. The predicted molar refractivity (Wildman–Crippen MR) is 48.5 cm³/mol. The van der Waals surface area contributed by atoms with Crippen LogP contribution in [0.4, 0.5) is 18.0 Å². The van der Waals surface area contributed by atoms with Gasteiger partial charge in [-0.05, 0) is 12.1 Å². The standard InChI is InChI=1S/C9H7F3N2O2/c10-9(11,12)6-4-2-1-3-5(6)7(15)14-8(13)16/h1-4H,(H3,13,14,15,16). The number of primary amides is 1. The fourth-order valence-electron chi connectivity index (χ4n) is 1.11. The number of amides is 3. The topological polar surface area (TPSA) is 72.2 Å². The molecular formula is C9H7F3N2O2. The zero-order valence-electron chi connectivity index (χ0n) is 7.84. The summed E-state index contributed by atoms with van der Waals surface area (Å²) >= 11 is 0. The number of alkyl halides is 3. The zero-order chi connectivity index (χ0) is 12.3. The van der Waals surface area contributed by atoms with Crippen molar-refractivity contribution >= 4 is 11.9 Å². The lowest BCUT2D eigenvalue weighted by molar-refractivity contribution is -0.137. The van der Waals surface area contributed by atoms with Gasteiger partial charge in [-0.2, -0.15) is 13.2 Å². The molecule has 0 radical (unpaired) electrons. The Morgan fingerprint density at radius 2 is 1.75 bits per heavy atom. The van der Waals surface area contributed by atoms with Gasteiger partial charge in [-0.1, -0.05) is 12.1 Å². The van der Waals surface area contributed by atoms with Gasteiger partial charge in [-0.25, -0.2) is 4.79 Å². The van der Waals surface area contributed by atoms with Crippen LogP contribution in [0.15, 0.2) is 24.3 Å². The van der Waals surface area contributed by atoms with Gasteiger partial charge < -0.3 is 5.73 Å². The van der Waals surface area contributed by atoms with Gasteiger partial charge in [-0.3, -0.25) is 10.1 Å². The molecule has 86 valence electrons. The zero-order valence-corrected chi connectivity index (χ0v) is 7.84. The third kappa shape index (κ3) is 2.72. The van der Waals surface area contributed by atoms with Crippen molar-refractivity contribution in [1.82, 2.24) is 5.32 Å². The second kappa shape index (κ2) is 4.21. The Balaban J connectivity index is 3.14. The van der Waals surface area contributed by atoms with Crippen molar-refractivity contribution in [3.8, 4) is 0 Å². The van der Waals surface area contributed by atoms with Crippen molar-refractivity contribution in [3.63, 3.8) is 0 Å². The van der Waals surface area contributed by atoms with Crippen LogP contribution in [0, 0.1) is 0 Å². The summed E-state index contributed by atoms with van der Waals surface area (Å²) < 4.78 is 37.3. The predicted octanol–water partition coefficient (Wildman–Crippen LogP) is 1.51. The first-order valence-corrected chi connectivity index (χ1v) is 4.09. The van der Waals surface area contributed by atoms with Gasteiger partial charge in [0.15, 0.2) is 0 Å². The van der Waals surface area contributed by atoms with E-state index in [9.17, 15) is 22.8 Å². The summed E-state index contributed by atoms with van der Waals surface area (Å²) in [4.78, 5) is 21.6. The van der Waals surface area contributed by atoms with E-state index in [1.807, 2.05) is 0 Å². The lowest BCUT2D eigenvalue weighted by Gasteiger charge is -2.11. The average molecular weight is 232 g/mol. The average Bonchev–Trinajstić information content (AvgIpc) is 2.15. The molecule has 0 aromatic heterocycles. The summed E-state index contributed by atoms with van der Waals surface area (Å²) in [6.45, 7) is 0. The smallest absolute Gasteiger partial charge is 0.351 e. The van der Waals surface area contributed by atoms with E-state index in [-0.39, 0.29) is 0 Å². The van der Waals surface area contributed by atoms with E-state index in [1.165, 1.54) is 6.07 Å². The number of nitrogens with two attached hydrogens (primary N) is 1. The molecule has 0 heterocycles. The van der Waals surface area contributed by atoms with E-state index >= 15 is 0 Å². The summed E-state index contributed by atoms with van der Waals surface area (Å²) in [5.41, 5.74) is 2.88. The number of nitrogens with one attached hydrogen (secondary N) is 1. The number of halogens is 3. The van der Waals surface area contributed by atoms with Gasteiger partial charge in [0.2, 0.25) is 0 Å². The van der Waals surface area contributed by atoms with Crippen molar-refractivity contribution in [1.29, 1.82) is 0 Å². The third-order valence-corrected chi connectivity index (χ3v) is 1.71. The highest BCUT2D eigenvalue weighted by molar-refractivity contribution is 6.04. The molecule has 3 N–H and O–H groups in total. The first-order valence-electron chi connectivity index (χ1n) is 4.09. The lowest BCUT2D eigenvalue weighted by atomic mass is 10.1. The second-order valence-electron chi connectivity index (χ2n) is 2.86. The maximum atomic E-state index is 12.4. The molecule has 0 saturated carbocycles. The molecule has 0 saturated heterocycles. The second-order valence-corrected chi connectivity index (χ2v) is 2.86. The Morgan fingerprint density at radius 1 is 1.19 bits per heavy atom. The minimum absolute atomic E-state index is 0.645. The molecule has 0 aliphatic carbocycles. The van der Waals surface area contributed by atoms with Crippen molar-refractivity contribution in [2.45, 2.75) is 6.18 Å². The van der Waals surface area contributed by atoms with Crippen molar-refractivity contribution in [2.75, 3.05) is 0 Å². The van der Waals surface area contributed by atoms with E-state index < -0.39 is 29.2 Å². The summed E-state index contributed by atoms with van der Waals surface area (Å²) in [6.07, 6.45) is -4.66. The normalized spacial score (nSPS) is 10.9. The monoisotopic (exact) mass is 232 g/mol. The molecule has 7 heteroatoms. The van der Waals surface area contributed by atoms with Gasteiger partial charge >= 0.3 is 12.2 Å². The molecule has 0 aliphatic heterocycles. The van der Waals surface area contributed by atoms with Crippen molar-refractivity contribution < 1.29 is 22.8 Å². The molecular weight excluding hydrogens is 225 g/mol. The van der Waals surface area contributed by atoms with Crippen LogP contribution in [0.5, 0.6) is 0 Å². The lowest BCUT2D eigenvalue weighted by Crippen LogP contribution is -2.36. The Labute approximate surface area is 88.2 Å². The number of carbonyl (C=O) groups is 2. The molecule has 1 aromatic rings. The van der Waals surface area contributed by atoms with E-state index in [4.69, 9.17) is 0 Å². The molecule has 4 nitrogen and oxygen atoms in total. The van der Waals surface area contributed by atoms with Gasteiger partial charge in [0.1, 0.15) is 0 Å². The number of hydrogen-bond acceptors (Lipinski definition) is 2. The largest absolute Gasteiger partial charge is 0.417 e. The molecule has 3 amide bonds. The quantitative estimate of drug-likeness (QED) is 0.770. The minimum Gasteiger partial charge on any atom is -0.351 e. The molecule has 0 unspecified atom stereocenters. The molecule has 0 spiro atoms. The summed E-state index contributed by atoms with van der Waals surface area (Å²) in [5.74, 6) is -1.18. The Hall–Kier alpha value is -2.05. The van der Waals surface area contributed by atoms with Gasteiger partial charge in [0.05, 0.1) is 11.1 Å². The van der Waals surface area contributed by atoms with E-state index in [0.717, 1.165) is 18.2 Å². The SMILES string of the molecule is NC(=O)NC(=O)c1ccccc1C(F)(F)F. The molecule has 1 rings (SSSR count). The number of hydrogen-bond donors (Lipinski definition) is 2. The maximum Gasteiger partial charge on any atom is 0.417 e. The van der Waals surface area contributed by atoms with Crippen LogP contribution in [-0.4, -0.2) is 11.9 Å². The molecule has 0 atom stereocenters. The molecule has 0 fully saturated rings. The Kier molecular flexibility index (Phi) is 3.17. The third-order valence-electron chi connectivity index (χ3n) is 1.71. The number of rotatable bonds is 1. The van der Waals surface area contributed by atoms with Crippen LogP contribution < -0.4 is 11.1 Å². The Morgan fingerprint density at radius 3 is 2.25 bits per heavy atom. The summed E-state index contributed by atoms with van der Waals surface area (Å²) in [5, 5.41) is 1.57. The summed E-state index contributed by atoms with van der Waals surface area (Å²) in [7, 11) is 0. The Bertz CT molecular complexity index is 429. The van der Waals surface area contributed by atoms with E-state index in [2.05, 4.69) is 5.73 Å². The number of carbonyl (C=O) groups excluding carboxylic acids is 2.